The number of hydrogen-bond acceptors (Lipinski definition) is 8. The summed E-state index contributed by atoms with van der Waals surface area (Å²) in [6.45, 7) is 2.93. The summed E-state index contributed by atoms with van der Waals surface area (Å²) in [5.74, 6) is 0. The van der Waals surface area contributed by atoms with Crippen molar-refractivity contribution in [1.29, 1.82) is 0 Å². The first-order chi connectivity index (χ1) is 14.0. The van der Waals surface area contributed by atoms with Gasteiger partial charge in [-0.1, -0.05) is 16.8 Å². The van der Waals surface area contributed by atoms with Crippen LogP contribution in [0.4, 0.5) is 0 Å². The van der Waals surface area contributed by atoms with E-state index in [2.05, 4.69) is 32.7 Å². The number of aliphatic hydroxyl groups excluding tert-OH is 1. The van der Waals surface area contributed by atoms with Gasteiger partial charge in [0.15, 0.2) is 0 Å². The van der Waals surface area contributed by atoms with Gasteiger partial charge >= 0.3 is 0 Å². The number of aliphatic hydroxyl groups is 1. The molecular formula is C19H21ClN6O2S. The zero-order valence-corrected chi connectivity index (χ0v) is 17.4. The number of ether oxygens (including phenoxy) is 1. The molecule has 0 aliphatic carbocycles. The number of nitrogens with zero attached hydrogens (tertiary/aromatic N) is 5. The van der Waals surface area contributed by atoms with Crippen LogP contribution in [0.15, 0.2) is 30.6 Å². The van der Waals surface area contributed by atoms with Crippen molar-refractivity contribution in [2.75, 3.05) is 6.61 Å². The number of thiophene rings is 1. The van der Waals surface area contributed by atoms with Gasteiger partial charge in [-0.15, -0.1) is 16.4 Å². The summed E-state index contributed by atoms with van der Waals surface area (Å²) in [6.07, 6.45) is 4.48. The Hall–Kier alpha value is -1.91. The molecule has 2 aliphatic rings. The van der Waals surface area contributed by atoms with Crippen molar-refractivity contribution in [2.45, 2.75) is 50.1 Å². The van der Waals surface area contributed by atoms with E-state index in [9.17, 15) is 5.11 Å². The van der Waals surface area contributed by atoms with Crippen molar-refractivity contribution in [3.8, 4) is 0 Å². The van der Waals surface area contributed by atoms with Gasteiger partial charge in [0, 0.05) is 29.1 Å². The van der Waals surface area contributed by atoms with Crippen LogP contribution < -0.4 is 5.32 Å². The number of halogens is 1. The van der Waals surface area contributed by atoms with Crippen LogP contribution in [0.2, 0.25) is 4.34 Å². The predicted octanol–water partition coefficient (Wildman–Crippen LogP) is 2.60. The standard InChI is InChI=1S/C19H21ClN6O2S/c1-11-6-19(18-13(5-17(20)29-18)16(27)10-28-19)7-14(22-11)15-9-26(25-24-15)8-12-3-2-4-21-23-12/h2-5,9,11,14,16,22,27H,6-8,10H2,1H3/t11-,14-,16+,19-/m0/s1. The first kappa shape index (κ1) is 19.1. The third-order valence-corrected chi connectivity index (χ3v) is 7.01. The van der Waals surface area contributed by atoms with Gasteiger partial charge in [-0.2, -0.15) is 10.2 Å². The minimum absolute atomic E-state index is 0.0154. The molecule has 4 atom stereocenters. The first-order valence-corrected chi connectivity index (χ1v) is 10.8. The van der Waals surface area contributed by atoms with E-state index >= 15 is 0 Å². The van der Waals surface area contributed by atoms with E-state index in [1.54, 1.807) is 10.9 Å². The third kappa shape index (κ3) is 3.57. The topological polar surface area (TPSA) is 98.0 Å². The van der Waals surface area contributed by atoms with E-state index < -0.39 is 11.7 Å². The van der Waals surface area contributed by atoms with Crippen LogP contribution in [0.3, 0.4) is 0 Å². The molecule has 0 bridgehead atoms. The third-order valence-electron chi connectivity index (χ3n) is 5.54. The Morgan fingerprint density at radius 2 is 2.31 bits per heavy atom. The Labute approximate surface area is 176 Å². The minimum atomic E-state index is -0.629. The molecule has 2 aliphatic heterocycles. The maximum absolute atomic E-state index is 10.4. The molecule has 0 radical (unpaired) electrons. The molecule has 0 aromatic carbocycles. The van der Waals surface area contributed by atoms with Crippen molar-refractivity contribution in [3.05, 3.63) is 56.8 Å². The SMILES string of the molecule is C[C@H]1C[C@@]2(C[C@@H](c3cn(Cc4cccnn4)nn3)N1)OC[C@@H](O)c1cc(Cl)sc12. The fraction of sp³-hybridized carbons (Fsp3) is 0.474. The number of piperidine rings is 1. The van der Waals surface area contributed by atoms with E-state index in [1.807, 2.05) is 24.4 Å². The van der Waals surface area contributed by atoms with Gasteiger partial charge in [-0.05, 0) is 31.5 Å². The molecule has 3 aromatic heterocycles. The normalized spacial score (nSPS) is 29.1. The van der Waals surface area contributed by atoms with Gasteiger partial charge in [0.25, 0.3) is 0 Å². The van der Waals surface area contributed by atoms with Gasteiger partial charge in [-0.3, -0.25) is 0 Å². The highest BCUT2D eigenvalue weighted by Crippen LogP contribution is 2.51. The molecule has 3 aromatic rings. The van der Waals surface area contributed by atoms with Crippen LogP contribution in [0, 0.1) is 0 Å². The molecule has 1 saturated heterocycles. The second kappa shape index (κ2) is 7.41. The molecule has 1 fully saturated rings. The maximum atomic E-state index is 10.4. The maximum Gasteiger partial charge on any atom is 0.106 e. The fourth-order valence-electron chi connectivity index (χ4n) is 4.37. The van der Waals surface area contributed by atoms with Gasteiger partial charge in [0.2, 0.25) is 0 Å². The number of rotatable bonds is 3. The van der Waals surface area contributed by atoms with E-state index in [0.717, 1.165) is 28.2 Å². The van der Waals surface area contributed by atoms with Gasteiger partial charge in [-0.25, -0.2) is 4.68 Å². The average molecular weight is 433 g/mol. The van der Waals surface area contributed by atoms with E-state index in [0.29, 0.717) is 17.3 Å². The molecule has 10 heteroatoms. The zero-order chi connectivity index (χ0) is 20.0. The van der Waals surface area contributed by atoms with Gasteiger partial charge < -0.3 is 15.2 Å². The van der Waals surface area contributed by atoms with Crippen LogP contribution in [0.5, 0.6) is 0 Å². The smallest absolute Gasteiger partial charge is 0.106 e. The summed E-state index contributed by atoms with van der Waals surface area (Å²) in [4.78, 5) is 1.03. The lowest BCUT2D eigenvalue weighted by Gasteiger charge is -2.46. The molecule has 5 rings (SSSR count). The Morgan fingerprint density at radius 1 is 1.41 bits per heavy atom. The largest absolute Gasteiger partial charge is 0.386 e. The Balaban J connectivity index is 1.42. The summed E-state index contributed by atoms with van der Waals surface area (Å²) in [5.41, 5.74) is 2.10. The second-order valence-electron chi connectivity index (χ2n) is 7.74. The molecule has 0 unspecified atom stereocenters. The van der Waals surface area contributed by atoms with Crippen LogP contribution in [0.25, 0.3) is 0 Å². The summed E-state index contributed by atoms with van der Waals surface area (Å²) >= 11 is 7.79. The van der Waals surface area contributed by atoms with Gasteiger partial charge in [0.05, 0.1) is 41.1 Å². The molecule has 2 N–H and O–H groups in total. The second-order valence-corrected chi connectivity index (χ2v) is 9.42. The summed E-state index contributed by atoms with van der Waals surface area (Å²) < 4.78 is 8.72. The quantitative estimate of drug-likeness (QED) is 0.656. The van der Waals surface area contributed by atoms with Crippen LogP contribution in [-0.4, -0.2) is 42.9 Å². The predicted molar refractivity (Wildman–Crippen MR) is 108 cm³/mol. The Morgan fingerprint density at radius 3 is 3.14 bits per heavy atom. The molecular weight excluding hydrogens is 412 g/mol. The minimum Gasteiger partial charge on any atom is -0.386 e. The van der Waals surface area contributed by atoms with Crippen LogP contribution >= 0.6 is 22.9 Å². The Kier molecular flexibility index (Phi) is 4.87. The van der Waals surface area contributed by atoms with Crippen molar-refractivity contribution in [3.63, 3.8) is 0 Å². The van der Waals surface area contributed by atoms with Crippen LogP contribution in [0.1, 0.15) is 53.7 Å². The number of fused-ring (bicyclic) bond motifs is 2. The Bertz CT molecular complexity index is 1010. The van der Waals surface area contributed by atoms with Crippen LogP contribution in [-0.2, 0) is 16.9 Å². The lowest BCUT2D eigenvalue weighted by molar-refractivity contribution is -0.129. The highest BCUT2D eigenvalue weighted by Gasteiger charge is 2.48. The molecule has 0 amide bonds. The summed E-state index contributed by atoms with van der Waals surface area (Å²) in [6, 6.07) is 5.83. The summed E-state index contributed by atoms with van der Waals surface area (Å²) in [7, 11) is 0. The first-order valence-electron chi connectivity index (χ1n) is 9.57. The van der Waals surface area contributed by atoms with Gasteiger partial charge in [0.1, 0.15) is 11.7 Å². The number of hydrogen-bond donors (Lipinski definition) is 2. The molecule has 0 saturated carbocycles. The number of aromatic nitrogens is 5. The van der Waals surface area contributed by atoms with E-state index in [-0.39, 0.29) is 18.7 Å². The van der Waals surface area contributed by atoms with Crippen molar-refractivity contribution in [1.82, 2.24) is 30.5 Å². The summed E-state index contributed by atoms with van der Waals surface area (Å²) in [5, 5.41) is 30.6. The fourth-order valence-corrected chi connectivity index (χ4v) is 5.82. The lowest BCUT2D eigenvalue weighted by atomic mass is 9.79. The van der Waals surface area contributed by atoms with Crippen molar-refractivity contribution < 1.29 is 9.84 Å². The van der Waals surface area contributed by atoms with E-state index in [1.165, 1.54) is 11.3 Å². The highest BCUT2D eigenvalue weighted by molar-refractivity contribution is 7.16. The molecule has 5 heterocycles. The number of nitrogens with one attached hydrogen (secondary N) is 1. The zero-order valence-electron chi connectivity index (χ0n) is 15.8. The van der Waals surface area contributed by atoms with Crippen molar-refractivity contribution >= 4 is 22.9 Å². The lowest BCUT2D eigenvalue weighted by Crippen LogP contribution is -2.50. The highest BCUT2D eigenvalue weighted by atomic mass is 35.5. The molecule has 29 heavy (non-hydrogen) atoms. The molecule has 1 spiro atoms. The molecule has 8 nitrogen and oxygen atoms in total. The van der Waals surface area contributed by atoms with E-state index in [4.69, 9.17) is 16.3 Å². The van der Waals surface area contributed by atoms with Crippen molar-refractivity contribution in [2.24, 2.45) is 0 Å². The average Bonchev–Trinajstić information content (AvgIpc) is 3.33. The monoisotopic (exact) mass is 432 g/mol. The molecule has 152 valence electrons.